The lowest BCUT2D eigenvalue weighted by molar-refractivity contribution is -0.119. The molecule has 1 atom stereocenters. The van der Waals surface area contributed by atoms with Crippen LogP contribution in [0.25, 0.3) is 0 Å². The Balaban J connectivity index is 1.66. The summed E-state index contributed by atoms with van der Waals surface area (Å²) >= 11 is 1.62. The standard InChI is InChI=1S/C20H21N3O3S/c1-12(21)18(24)9-13-3-6-15(7-4-13)27-16-8-5-14-10-19(22-17(14)11-16)23-20(25)26-2/h3-8,11-12H,9-10,21H2,1-2H3,(H,22,23,25). The molecule has 0 fully saturated rings. The smallest absolute Gasteiger partial charge is 0.412 e. The maximum absolute atomic E-state index is 11.7. The van der Waals surface area contributed by atoms with Crippen LogP contribution in [0.5, 0.6) is 0 Å². The van der Waals surface area contributed by atoms with E-state index in [1.807, 2.05) is 42.5 Å². The third-order valence-corrected chi connectivity index (χ3v) is 5.14. The Labute approximate surface area is 162 Å². The molecule has 0 spiro atoms. The monoisotopic (exact) mass is 383 g/mol. The molecule has 1 amide bonds. The van der Waals surface area contributed by atoms with Crippen LogP contribution in [0.3, 0.4) is 0 Å². The minimum atomic E-state index is -0.515. The van der Waals surface area contributed by atoms with E-state index >= 15 is 0 Å². The van der Waals surface area contributed by atoms with Crippen molar-refractivity contribution in [2.45, 2.75) is 35.6 Å². The van der Waals surface area contributed by atoms with E-state index < -0.39 is 12.1 Å². The first-order valence-corrected chi connectivity index (χ1v) is 9.37. The molecule has 0 bridgehead atoms. The van der Waals surface area contributed by atoms with Crippen molar-refractivity contribution in [3.63, 3.8) is 0 Å². The van der Waals surface area contributed by atoms with Crippen LogP contribution >= 0.6 is 11.8 Å². The van der Waals surface area contributed by atoms with Crippen LogP contribution < -0.4 is 11.1 Å². The van der Waals surface area contributed by atoms with Crippen molar-refractivity contribution in [3.05, 3.63) is 53.6 Å². The van der Waals surface area contributed by atoms with Gasteiger partial charge in [0.05, 0.1) is 18.8 Å². The fourth-order valence-electron chi connectivity index (χ4n) is 2.64. The van der Waals surface area contributed by atoms with E-state index in [0.29, 0.717) is 18.7 Å². The lowest BCUT2D eigenvalue weighted by Crippen LogP contribution is -2.30. The highest BCUT2D eigenvalue weighted by Gasteiger charge is 2.17. The predicted molar refractivity (Wildman–Crippen MR) is 106 cm³/mol. The number of amidine groups is 1. The van der Waals surface area contributed by atoms with Gasteiger partial charge in [-0.1, -0.05) is 30.0 Å². The molecule has 1 aliphatic rings. The number of carbonyl (C=O) groups excluding carboxylic acids is 2. The van der Waals surface area contributed by atoms with Gasteiger partial charge in [-0.3, -0.25) is 10.1 Å². The number of hydrogen-bond donors (Lipinski definition) is 2. The van der Waals surface area contributed by atoms with Crippen LogP contribution in [0.4, 0.5) is 10.5 Å². The molecule has 7 heteroatoms. The summed E-state index contributed by atoms with van der Waals surface area (Å²) in [6.45, 7) is 1.70. The average molecular weight is 383 g/mol. The van der Waals surface area contributed by atoms with Gasteiger partial charge in [0, 0.05) is 22.6 Å². The number of ether oxygens (including phenoxy) is 1. The number of rotatable bonds is 5. The molecule has 0 aliphatic carbocycles. The number of carbonyl (C=O) groups is 2. The van der Waals surface area contributed by atoms with E-state index in [9.17, 15) is 9.59 Å². The normalized spacial score (nSPS) is 13.5. The van der Waals surface area contributed by atoms with Gasteiger partial charge in [0.1, 0.15) is 5.84 Å². The second-order valence-corrected chi connectivity index (χ2v) is 7.47. The molecule has 1 unspecified atom stereocenters. The fraction of sp³-hybridized carbons (Fsp3) is 0.250. The Morgan fingerprint density at radius 2 is 1.93 bits per heavy atom. The number of nitrogens with two attached hydrogens (primary N) is 1. The number of alkyl carbamates (subject to hydrolysis) is 1. The van der Waals surface area contributed by atoms with E-state index in [0.717, 1.165) is 26.6 Å². The summed E-state index contributed by atoms with van der Waals surface area (Å²) in [5.41, 5.74) is 8.49. The van der Waals surface area contributed by atoms with E-state index in [4.69, 9.17) is 5.73 Å². The molecule has 2 aromatic rings. The quantitative estimate of drug-likeness (QED) is 0.827. The summed E-state index contributed by atoms with van der Waals surface area (Å²) in [6, 6.07) is 13.5. The van der Waals surface area contributed by atoms with E-state index in [-0.39, 0.29) is 5.78 Å². The Hall–Kier alpha value is -2.64. The molecular weight excluding hydrogens is 362 g/mol. The Morgan fingerprint density at radius 1 is 1.22 bits per heavy atom. The number of benzene rings is 2. The third-order valence-electron chi connectivity index (χ3n) is 4.15. The SMILES string of the molecule is COC(=O)NC1=Nc2cc(Sc3ccc(CC(=O)C(C)N)cc3)ccc2C1. The number of ketones is 1. The van der Waals surface area contributed by atoms with Crippen molar-refractivity contribution in [1.29, 1.82) is 0 Å². The number of methoxy groups -OCH3 is 1. The van der Waals surface area contributed by atoms with Crippen molar-refractivity contribution >= 4 is 35.2 Å². The summed E-state index contributed by atoms with van der Waals surface area (Å²) in [6.07, 6.45) is 0.419. The molecule has 6 nitrogen and oxygen atoms in total. The van der Waals surface area contributed by atoms with Crippen molar-refractivity contribution < 1.29 is 14.3 Å². The number of nitrogens with zero attached hydrogens (tertiary/aromatic N) is 1. The van der Waals surface area contributed by atoms with Gasteiger partial charge in [0.25, 0.3) is 0 Å². The molecule has 1 aliphatic heterocycles. The summed E-state index contributed by atoms with van der Waals surface area (Å²) in [7, 11) is 1.32. The summed E-state index contributed by atoms with van der Waals surface area (Å²) in [5.74, 6) is 0.616. The molecule has 0 saturated heterocycles. The Kier molecular flexibility index (Phi) is 5.93. The zero-order valence-electron chi connectivity index (χ0n) is 15.2. The van der Waals surface area contributed by atoms with Gasteiger partial charge in [0.15, 0.2) is 5.78 Å². The summed E-state index contributed by atoms with van der Waals surface area (Å²) in [4.78, 5) is 29.6. The van der Waals surface area contributed by atoms with Crippen LogP contribution in [-0.4, -0.2) is 30.9 Å². The zero-order valence-corrected chi connectivity index (χ0v) is 16.0. The van der Waals surface area contributed by atoms with Crippen molar-refractivity contribution in [2.24, 2.45) is 10.7 Å². The molecular formula is C20H21N3O3S. The molecule has 0 radical (unpaired) electrons. The van der Waals surface area contributed by atoms with Crippen molar-refractivity contribution in [1.82, 2.24) is 5.32 Å². The summed E-state index contributed by atoms with van der Waals surface area (Å²) in [5, 5.41) is 2.62. The number of Topliss-reactive ketones (excluding diaryl/α,β-unsaturated/α-hetero) is 1. The topological polar surface area (TPSA) is 93.8 Å². The number of amides is 1. The molecule has 0 saturated carbocycles. The van der Waals surface area contributed by atoms with Crippen LogP contribution in [0.1, 0.15) is 18.1 Å². The highest BCUT2D eigenvalue weighted by molar-refractivity contribution is 7.99. The van der Waals surface area contributed by atoms with Gasteiger partial charge in [-0.2, -0.15) is 0 Å². The minimum absolute atomic E-state index is 0.0308. The second kappa shape index (κ2) is 8.37. The zero-order chi connectivity index (χ0) is 19.4. The van der Waals surface area contributed by atoms with E-state index in [1.54, 1.807) is 18.7 Å². The Bertz CT molecular complexity index is 892. The maximum Gasteiger partial charge on any atom is 0.412 e. The number of fused-ring (bicyclic) bond motifs is 1. The lowest BCUT2D eigenvalue weighted by atomic mass is 10.1. The molecule has 2 aromatic carbocycles. The van der Waals surface area contributed by atoms with Gasteiger partial charge in [0.2, 0.25) is 0 Å². The molecule has 140 valence electrons. The van der Waals surface area contributed by atoms with Gasteiger partial charge in [-0.25, -0.2) is 9.79 Å². The average Bonchev–Trinajstić information content (AvgIpc) is 3.04. The second-order valence-electron chi connectivity index (χ2n) is 6.32. The largest absolute Gasteiger partial charge is 0.453 e. The fourth-order valence-corrected chi connectivity index (χ4v) is 3.49. The van der Waals surface area contributed by atoms with E-state index in [1.165, 1.54) is 7.11 Å². The van der Waals surface area contributed by atoms with Crippen LogP contribution in [-0.2, 0) is 22.4 Å². The van der Waals surface area contributed by atoms with Gasteiger partial charge in [-0.05, 0) is 42.3 Å². The van der Waals surface area contributed by atoms with Crippen LogP contribution in [0.2, 0.25) is 0 Å². The first kappa shape index (κ1) is 19.1. The number of hydrogen-bond acceptors (Lipinski definition) is 6. The van der Waals surface area contributed by atoms with Crippen molar-refractivity contribution in [2.75, 3.05) is 7.11 Å². The number of aliphatic imine (C=N–C) groups is 1. The highest BCUT2D eigenvalue weighted by atomic mass is 32.2. The van der Waals surface area contributed by atoms with E-state index in [2.05, 4.69) is 15.0 Å². The minimum Gasteiger partial charge on any atom is -0.453 e. The highest BCUT2D eigenvalue weighted by Crippen LogP contribution is 2.34. The third kappa shape index (κ3) is 4.96. The van der Waals surface area contributed by atoms with Crippen LogP contribution in [0, 0.1) is 0 Å². The maximum atomic E-state index is 11.7. The van der Waals surface area contributed by atoms with Crippen molar-refractivity contribution in [3.8, 4) is 0 Å². The van der Waals surface area contributed by atoms with Gasteiger partial charge < -0.3 is 10.5 Å². The lowest BCUT2D eigenvalue weighted by Gasteiger charge is -2.07. The first-order chi connectivity index (χ1) is 12.9. The van der Waals surface area contributed by atoms with Gasteiger partial charge >= 0.3 is 6.09 Å². The Morgan fingerprint density at radius 3 is 2.59 bits per heavy atom. The first-order valence-electron chi connectivity index (χ1n) is 8.55. The molecule has 0 aromatic heterocycles. The molecule has 3 rings (SSSR count). The molecule has 27 heavy (non-hydrogen) atoms. The number of nitrogens with one attached hydrogen (secondary N) is 1. The van der Waals surface area contributed by atoms with Crippen LogP contribution in [0.15, 0.2) is 57.2 Å². The molecule has 3 N–H and O–H groups in total. The van der Waals surface area contributed by atoms with Gasteiger partial charge in [-0.15, -0.1) is 0 Å². The predicted octanol–water partition coefficient (Wildman–Crippen LogP) is 3.24. The summed E-state index contributed by atoms with van der Waals surface area (Å²) < 4.78 is 4.60. The molecule has 1 heterocycles.